The van der Waals surface area contributed by atoms with E-state index in [4.69, 9.17) is 4.74 Å². The van der Waals surface area contributed by atoms with Crippen LogP contribution in [0.4, 0.5) is 0 Å². The van der Waals surface area contributed by atoms with Crippen molar-refractivity contribution in [1.82, 2.24) is 0 Å². The van der Waals surface area contributed by atoms with E-state index in [1.165, 1.54) is 32.1 Å². The second kappa shape index (κ2) is 6.02. The molecule has 0 bridgehead atoms. The summed E-state index contributed by atoms with van der Waals surface area (Å²) in [6.45, 7) is 3.95. The Bertz CT molecular complexity index is 199. The van der Waals surface area contributed by atoms with Gasteiger partial charge in [-0.05, 0) is 31.1 Å². The molecular formula is C14H26O2. The molecule has 2 rings (SSSR count). The van der Waals surface area contributed by atoms with Crippen LogP contribution in [0.2, 0.25) is 0 Å². The minimum absolute atomic E-state index is 0.106. The van der Waals surface area contributed by atoms with Crippen LogP contribution in [0.3, 0.4) is 0 Å². The van der Waals surface area contributed by atoms with Crippen LogP contribution < -0.4 is 0 Å². The average Bonchev–Trinajstić information content (AvgIpc) is 2.39. The molecule has 16 heavy (non-hydrogen) atoms. The molecule has 2 heteroatoms. The molecule has 1 saturated heterocycles. The highest BCUT2D eigenvalue weighted by molar-refractivity contribution is 4.84. The fraction of sp³-hybridized carbons (Fsp3) is 1.00. The summed E-state index contributed by atoms with van der Waals surface area (Å²) >= 11 is 0. The van der Waals surface area contributed by atoms with Gasteiger partial charge in [0.25, 0.3) is 0 Å². The predicted molar refractivity (Wildman–Crippen MR) is 65.3 cm³/mol. The minimum atomic E-state index is -0.106. The van der Waals surface area contributed by atoms with Crippen molar-refractivity contribution in [2.75, 3.05) is 13.2 Å². The minimum Gasteiger partial charge on any atom is -0.392 e. The summed E-state index contributed by atoms with van der Waals surface area (Å²) in [4.78, 5) is 0. The van der Waals surface area contributed by atoms with Crippen molar-refractivity contribution in [1.29, 1.82) is 0 Å². The van der Waals surface area contributed by atoms with E-state index < -0.39 is 0 Å². The molecule has 2 fully saturated rings. The number of aliphatic hydroxyl groups excluding tert-OH is 1. The summed E-state index contributed by atoms with van der Waals surface area (Å²) in [6, 6.07) is 0. The van der Waals surface area contributed by atoms with E-state index in [1.807, 2.05) is 0 Å². The lowest BCUT2D eigenvalue weighted by molar-refractivity contribution is -0.0539. The highest BCUT2D eigenvalue weighted by Crippen LogP contribution is 2.37. The first-order valence-electron chi connectivity index (χ1n) is 7.08. The molecule has 0 aromatic rings. The van der Waals surface area contributed by atoms with E-state index in [1.54, 1.807) is 0 Å². The van der Waals surface area contributed by atoms with E-state index in [9.17, 15) is 5.11 Å². The number of hydrogen-bond donors (Lipinski definition) is 1. The molecule has 0 amide bonds. The summed E-state index contributed by atoms with van der Waals surface area (Å²) in [5.41, 5.74) is 0. The standard InChI is InChI=1S/C14H26O2/c1-2-11-6-3-4-8-13(11)14(15)12-7-5-9-16-10-12/h11-15H,2-10H2,1H3. The van der Waals surface area contributed by atoms with Crippen LogP contribution in [0, 0.1) is 17.8 Å². The van der Waals surface area contributed by atoms with Crippen LogP contribution in [-0.2, 0) is 4.74 Å². The fourth-order valence-corrected chi connectivity index (χ4v) is 3.58. The molecule has 4 atom stereocenters. The molecule has 2 aliphatic rings. The van der Waals surface area contributed by atoms with Crippen molar-refractivity contribution in [2.45, 2.75) is 58.0 Å². The third-order valence-electron chi connectivity index (χ3n) is 4.61. The monoisotopic (exact) mass is 226 g/mol. The van der Waals surface area contributed by atoms with Gasteiger partial charge in [0.2, 0.25) is 0 Å². The molecule has 1 aliphatic heterocycles. The maximum atomic E-state index is 10.5. The zero-order valence-electron chi connectivity index (χ0n) is 10.5. The van der Waals surface area contributed by atoms with E-state index >= 15 is 0 Å². The predicted octanol–water partition coefficient (Wildman–Crippen LogP) is 2.99. The first-order valence-corrected chi connectivity index (χ1v) is 7.08. The highest BCUT2D eigenvalue weighted by atomic mass is 16.5. The normalized spacial score (nSPS) is 38.2. The lowest BCUT2D eigenvalue weighted by Gasteiger charge is -2.39. The molecule has 1 aliphatic carbocycles. The van der Waals surface area contributed by atoms with Crippen LogP contribution >= 0.6 is 0 Å². The van der Waals surface area contributed by atoms with Gasteiger partial charge in [0.15, 0.2) is 0 Å². The SMILES string of the molecule is CCC1CCCCC1C(O)C1CCCOC1. The van der Waals surface area contributed by atoms with Gasteiger partial charge in [-0.2, -0.15) is 0 Å². The molecule has 1 heterocycles. The van der Waals surface area contributed by atoms with Crippen LogP contribution in [0.15, 0.2) is 0 Å². The van der Waals surface area contributed by atoms with Crippen molar-refractivity contribution in [3.63, 3.8) is 0 Å². The van der Waals surface area contributed by atoms with Gasteiger partial charge < -0.3 is 9.84 Å². The van der Waals surface area contributed by atoms with Gasteiger partial charge in [0, 0.05) is 12.5 Å². The molecule has 4 unspecified atom stereocenters. The second-order valence-corrected chi connectivity index (χ2v) is 5.58. The first kappa shape index (κ1) is 12.4. The van der Waals surface area contributed by atoms with E-state index in [0.29, 0.717) is 11.8 Å². The van der Waals surface area contributed by atoms with Crippen molar-refractivity contribution in [3.8, 4) is 0 Å². The first-order chi connectivity index (χ1) is 7.83. The number of rotatable bonds is 3. The zero-order chi connectivity index (χ0) is 11.4. The van der Waals surface area contributed by atoms with Gasteiger partial charge in [-0.1, -0.05) is 32.6 Å². The lowest BCUT2D eigenvalue weighted by atomic mass is 9.71. The second-order valence-electron chi connectivity index (χ2n) is 5.58. The largest absolute Gasteiger partial charge is 0.392 e. The van der Waals surface area contributed by atoms with Gasteiger partial charge in [-0.25, -0.2) is 0 Å². The summed E-state index contributed by atoms with van der Waals surface area (Å²) in [7, 11) is 0. The Labute approximate surface area is 99.4 Å². The molecule has 94 valence electrons. The molecule has 1 saturated carbocycles. The van der Waals surface area contributed by atoms with Crippen LogP contribution in [0.25, 0.3) is 0 Å². The van der Waals surface area contributed by atoms with Crippen molar-refractivity contribution >= 4 is 0 Å². The molecule has 2 nitrogen and oxygen atoms in total. The Morgan fingerprint density at radius 1 is 1.19 bits per heavy atom. The third-order valence-corrected chi connectivity index (χ3v) is 4.61. The molecule has 0 radical (unpaired) electrons. The smallest absolute Gasteiger partial charge is 0.0621 e. The Morgan fingerprint density at radius 2 is 2.00 bits per heavy atom. The summed E-state index contributed by atoms with van der Waals surface area (Å²) < 4.78 is 5.50. The molecule has 1 N–H and O–H groups in total. The highest BCUT2D eigenvalue weighted by Gasteiger charge is 2.34. The van der Waals surface area contributed by atoms with Gasteiger partial charge >= 0.3 is 0 Å². The summed E-state index contributed by atoms with van der Waals surface area (Å²) in [5.74, 6) is 1.71. The fourth-order valence-electron chi connectivity index (χ4n) is 3.58. The van der Waals surface area contributed by atoms with Gasteiger partial charge in [-0.15, -0.1) is 0 Å². The molecule has 0 aromatic heterocycles. The Kier molecular flexibility index (Phi) is 4.66. The van der Waals surface area contributed by atoms with Gasteiger partial charge in [0.05, 0.1) is 12.7 Å². The van der Waals surface area contributed by atoms with Crippen molar-refractivity contribution in [2.24, 2.45) is 17.8 Å². The van der Waals surface area contributed by atoms with Crippen LogP contribution in [0.1, 0.15) is 51.9 Å². The van der Waals surface area contributed by atoms with Gasteiger partial charge in [0.1, 0.15) is 0 Å². The van der Waals surface area contributed by atoms with Gasteiger partial charge in [-0.3, -0.25) is 0 Å². The van der Waals surface area contributed by atoms with Crippen LogP contribution in [-0.4, -0.2) is 24.4 Å². The number of aliphatic hydroxyl groups is 1. The van der Waals surface area contributed by atoms with E-state index in [-0.39, 0.29) is 6.10 Å². The Balaban J connectivity index is 1.92. The molecular weight excluding hydrogens is 200 g/mol. The number of ether oxygens (including phenoxy) is 1. The van der Waals surface area contributed by atoms with E-state index in [2.05, 4.69) is 6.92 Å². The summed E-state index contributed by atoms with van der Waals surface area (Å²) in [6.07, 6.45) is 8.65. The van der Waals surface area contributed by atoms with Crippen LogP contribution in [0.5, 0.6) is 0 Å². The van der Waals surface area contributed by atoms with E-state index in [0.717, 1.165) is 32.0 Å². The quantitative estimate of drug-likeness (QED) is 0.801. The maximum Gasteiger partial charge on any atom is 0.0621 e. The zero-order valence-corrected chi connectivity index (χ0v) is 10.5. The molecule has 0 spiro atoms. The topological polar surface area (TPSA) is 29.5 Å². The third kappa shape index (κ3) is 2.78. The Hall–Kier alpha value is -0.0800. The van der Waals surface area contributed by atoms with Crippen molar-refractivity contribution in [3.05, 3.63) is 0 Å². The molecule has 0 aromatic carbocycles. The maximum absolute atomic E-state index is 10.5. The number of hydrogen-bond acceptors (Lipinski definition) is 2. The summed E-state index contributed by atoms with van der Waals surface area (Å²) in [5, 5.41) is 10.5. The lowest BCUT2D eigenvalue weighted by Crippen LogP contribution is -2.39. The Morgan fingerprint density at radius 3 is 2.69 bits per heavy atom. The van der Waals surface area contributed by atoms with Crippen molar-refractivity contribution < 1.29 is 9.84 Å². The average molecular weight is 226 g/mol.